The van der Waals surface area contributed by atoms with Crippen molar-refractivity contribution in [3.05, 3.63) is 0 Å². The van der Waals surface area contributed by atoms with Crippen LogP contribution in [0.25, 0.3) is 0 Å². The molecule has 0 fully saturated rings. The van der Waals surface area contributed by atoms with Crippen molar-refractivity contribution < 1.29 is 9.47 Å². The smallest absolute Gasteiger partial charge is 0.0594 e. The lowest BCUT2D eigenvalue weighted by Crippen LogP contribution is -2.23. The van der Waals surface area contributed by atoms with Gasteiger partial charge in [0, 0.05) is 19.1 Å². The van der Waals surface area contributed by atoms with Gasteiger partial charge >= 0.3 is 0 Å². The van der Waals surface area contributed by atoms with Crippen LogP contribution in [0.5, 0.6) is 0 Å². The molecule has 98 valence electrons. The van der Waals surface area contributed by atoms with Crippen LogP contribution in [0.1, 0.15) is 59.8 Å². The third-order valence-corrected chi connectivity index (χ3v) is 2.91. The van der Waals surface area contributed by atoms with E-state index in [1.807, 2.05) is 0 Å². The summed E-state index contributed by atoms with van der Waals surface area (Å²) in [5.74, 6) is 0.498. The number of hydrogen-bond acceptors (Lipinski definition) is 2. The number of unbranched alkanes of at least 4 members (excludes halogenated alkanes) is 3. The van der Waals surface area contributed by atoms with Crippen LogP contribution in [0.15, 0.2) is 0 Å². The zero-order valence-electron chi connectivity index (χ0n) is 11.6. The van der Waals surface area contributed by atoms with Crippen molar-refractivity contribution in [2.24, 2.45) is 5.92 Å². The first-order valence-electron chi connectivity index (χ1n) is 6.91. The van der Waals surface area contributed by atoms with Crippen LogP contribution in [-0.4, -0.2) is 25.9 Å². The Bertz CT molecular complexity index is 137. The minimum atomic E-state index is 0.318. The van der Waals surface area contributed by atoms with Gasteiger partial charge in [-0.15, -0.1) is 0 Å². The maximum atomic E-state index is 5.80. The fraction of sp³-hybridized carbons (Fsp3) is 1.00. The summed E-state index contributed by atoms with van der Waals surface area (Å²) in [7, 11) is 0. The monoisotopic (exact) mass is 230 g/mol. The second-order valence-electron chi connectivity index (χ2n) is 4.69. The standard InChI is InChI=1S/C14H30O2/c1-5-7-8-9-11-16-14(4)13(3)12-15-10-6-2/h13-14H,5-12H2,1-4H3. The predicted molar refractivity (Wildman–Crippen MR) is 69.8 cm³/mol. The van der Waals surface area contributed by atoms with Gasteiger partial charge in [0.25, 0.3) is 0 Å². The molecule has 0 aromatic rings. The first-order valence-corrected chi connectivity index (χ1v) is 6.91. The van der Waals surface area contributed by atoms with E-state index in [0.717, 1.165) is 26.2 Å². The highest BCUT2D eigenvalue weighted by atomic mass is 16.5. The molecule has 0 radical (unpaired) electrons. The Hall–Kier alpha value is -0.0800. The lowest BCUT2D eigenvalue weighted by Gasteiger charge is -2.20. The fourth-order valence-electron chi connectivity index (χ4n) is 1.51. The largest absolute Gasteiger partial charge is 0.381 e. The van der Waals surface area contributed by atoms with Gasteiger partial charge < -0.3 is 9.47 Å². The molecule has 0 saturated heterocycles. The zero-order chi connectivity index (χ0) is 12.2. The van der Waals surface area contributed by atoms with Crippen molar-refractivity contribution in [1.29, 1.82) is 0 Å². The van der Waals surface area contributed by atoms with Gasteiger partial charge in [-0.3, -0.25) is 0 Å². The maximum absolute atomic E-state index is 5.80. The Kier molecular flexibility index (Phi) is 11.3. The first kappa shape index (κ1) is 15.9. The zero-order valence-corrected chi connectivity index (χ0v) is 11.6. The molecule has 0 aliphatic rings. The normalized spacial score (nSPS) is 15.0. The maximum Gasteiger partial charge on any atom is 0.0594 e. The molecule has 2 heteroatoms. The third kappa shape index (κ3) is 9.17. The number of rotatable bonds is 11. The molecule has 0 aromatic heterocycles. The minimum absolute atomic E-state index is 0.318. The molecule has 2 unspecified atom stereocenters. The predicted octanol–water partition coefficient (Wildman–Crippen LogP) is 4.03. The summed E-state index contributed by atoms with van der Waals surface area (Å²) in [6.07, 6.45) is 6.52. The molecule has 2 atom stereocenters. The van der Waals surface area contributed by atoms with E-state index in [-0.39, 0.29) is 0 Å². The Morgan fingerprint density at radius 3 is 2.25 bits per heavy atom. The molecule has 0 aliphatic carbocycles. The fourth-order valence-corrected chi connectivity index (χ4v) is 1.51. The highest BCUT2D eigenvalue weighted by Gasteiger charge is 2.12. The SMILES string of the molecule is CCCCCCOC(C)C(C)COCCC. The molecule has 0 rings (SSSR count). The molecule has 16 heavy (non-hydrogen) atoms. The summed E-state index contributed by atoms with van der Waals surface area (Å²) >= 11 is 0. The summed E-state index contributed by atoms with van der Waals surface area (Å²) in [5, 5.41) is 0. The minimum Gasteiger partial charge on any atom is -0.381 e. The summed E-state index contributed by atoms with van der Waals surface area (Å²) in [6.45, 7) is 11.3. The summed E-state index contributed by atoms with van der Waals surface area (Å²) < 4.78 is 11.3. The lowest BCUT2D eigenvalue weighted by atomic mass is 10.1. The quantitative estimate of drug-likeness (QED) is 0.499. The lowest BCUT2D eigenvalue weighted by molar-refractivity contribution is -0.00770. The van der Waals surface area contributed by atoms with E-state index in [0.29, 0.717) is 12.0 Å². The van der Waals surface area contributed by atoms with E-state index in [2.05, 4.69) is 27.7 Å². The molecule has 0 bridgehead atoms. The van der Waals surface area contributed by atoms with Crippen molar-refractivity contribution >= 4 is 0 Å². The van der Waals surface area contributed by atoms with E-state index in [1.54, 1.807) is 0 Å². The number of hydrogen-bond donors (Lipinski definition) is 0. The summed E-state index contributed by atoms with van der Waals surface area (Å²) in [5.41, 5.74) is 0. The van der Waals surface area contributed by atoms with Crippen LogP contribution in [-0.2, 0) is 9.47 Å². The highest BCUT2D eigenvalue weighted by Crippen LogP contribution is 2.09. The molecular formula is C14H30O2. The average Bonchev–Trinajstić information content (AvgIpc) is 2.28. The Morgan fingerprint density at radius 1 is 0.875 bits per heavy atom. The van der Waals surface area contributed by atoms with Gasteiger partial charge in [0.1, 0.15) is 0 Å². The molecule has 2 nitrogen and oxygen atoms in total. The van der Waals surface area contributed by atoms with Gasteiger partial charge in [0.05, 0.1) is 12.7 Å². The molecular weight excluding hydrogens is 200 g/mol. The van der Waals surface area contributed by atoms with E-state index in [9.17, 15) is 0 Å². The molecule has 0 saturated carbocycles. The second kappa shape index (κ2) is 11.4. The van der Waals surface area contributed by atoms with Gasteiger partial charge in [-0.25, -0.2) is 0 Å². The molecule has 0 aliphatic heterocycles. The van der Waals surface area contributed by atoms with Crippen molar-refractivity contribution in [3.8, 4) is 0 Å². The second-order valence-corrected chi connectivity index (χ2v) is 4.69. The van der Waals surface area contributed by atoms with Crippen molar-refractivity contribution in [3.63, 3.8) is 0 Å². The van der Waals surface area contributed by atoms with Crippen LogP contribution in [0.3, 0.4) is 0 Å². The first-order chi connectivity index (χ1) is 7.72. The topological polar surface area (TPSA) is 18.5 Å². The van der Waals surface area contributed by atoms with Crippen LogP contribution in [0.2, 0.25) is 0 Å². The van der Waals surface area contributed by atoms with E-state index >= 15 is 0 Å². The van der Waals surface area contributed by atoms with Gasteiger partial charge in [-0.05, 0) is 19.8 Å². The Labute approximate surface area is 102 Å². The Balaban J connectivity index is 3.36. The number of ether oxygens (including phenoxy) is 2. The summed E-state index contributed by atoms with van der Waals surface area (Å²) in [6, 6.07) is 0. The molecule has 0 heterocycles. The van der Waals surface area contributed by atoms with Crippen LogP contribution < -0.4 is 0 Å². The molecule has 0 spiro atoms. The van der Waals surface area contributed by atoms with Gasteiger partial charge in [0.2, 0.25) is 0 Å². The molecule has 0 aromatic carbocycles. The average molecular weight is 230 g/mol. The van der Waals surface area contributed by atoms with Crippen molar-refractivity contribution in [2.75, 3.05) is 19.8 Å². The highest BCUT2D eigenvalue weighted by molar-refractivity contribution is 4.60. The van der Waals surface area contributed by atoms with E-state index < -0.39 is 0 Å². The Morgan fingerprint density at radius 2 is 1.62 bits per heavy atom. The summed E-state index contributed by atoms with van der Waals surface area (Å²) in [4.78, 5) is 0. The van der Waals surface area contributed by atoms with Crippen LogP contribution in [0, 0.1) is 5.92 Å². The van der Waals surface area contributed by atoms with Crippen molar-refractivity contribution in [1.82, 2.24) is 0 Å². The van der Waals surface area contributed by atoms with Gasteiger partial charge in [-0.2, -0.15) is 0 Å². The van der Waals surface area contributed by atoms with Gasteiger partial charge in [0.15, 0.2) is 0 Å². The molecule has 0 N–H and O–H groups in total. The van der Waals surface area contributed by atoms with E-state index in [4.69, 9.17) is 9.47 Å². The third-order valence-electron chi connectivity index (χ3n) is 2.91. The van der Waals surface area contributed by atoms with Crippen LogP contribution in [0.4, 0.5) is 0 Å². The van der Waals surface area contributed by atoms with Crippen LogP contribution >= 0.6 is 0 Å². The van der Waals surface area contributed by atoms with Gasteiger partial charge in [-0.1, -0.05) is 40.0 Å². The molecule has 0 amide bonds. The van der Waals surface area contributed by atoms with E-state index in [1.165, 1.54) is 25.7 Å². The van der Waals surface area contributed by atoms with Crippen molar-refractivity contribution in [2.45, 2.75) is 65.9 Å².